The second kappa shape index (κ2) is 6.77. The summed E-state index contributed by atoms with van der Waals surface area (Å²) in [5, 5.41) is 12.8. The van der Waals surface area contributed by atoms with E-state index in [1.54, 1.807) is 12.1 Å². The van der Waals surface area contributed by atoms with E-state index < -0.39 is 28.6 Å². The highest BCUT2D eigenvalue weighted by molar-refractivity contribution is 5.94. The monoisotopic (exact) mass is 373 g/mol. The number of fused-ring (bicyclic) bond motifs is 2. The Morgan fingerprint density at radius 2 is 2.15 bits per heavy atom. The van der Waals surface area contributed by atoms with Gasteiger partial charge in [0, 0.05) is 6.54 Å². The zero-order chi connectivity index (χ0) is 19.0. The molecular formula is C19H20FN3O4. The maximum atomic E-state index is 13.3. The first-order chi connectivity index (χ1) is 13.0. The summed E-state index contributed by atoms with van der Waals surface area (Å²) in [7, 11) is 0. The lowest BCUT2D eigenvalue weighted by Crippen LogP contribution is -2.44. The summed E-state index contributed by atoms with van der Waals surface area (Å²) in [4.78, 5) is 29.5. The Morgan fingerprint density at radius 3 is 2.89 bits per heavy atom. The molecule has 0 unspecified atom stereocenters. The van der Waals surface area contributed by atoms with Crippen LogP contribution in [0.25, 0.3) is 0 Å². The van der Waals surface area contributed by atoms with E-state index in [1.807, 2.05) is 0 Å². The van der Waals surface area contributed by atoms with Crippen molar-refractivity contribution in [3.8, 4) is 5.75 Å². The zero-order valence-electron chi connectivity index (χ0n) is 14.7. The lowest BCUT2D eigenvalue weighted by atomic mass is 9.99. The third-order valence-corrected chi connectivity index (χ3v) is 5.21. The number of aromatic hydroxyl groups is 1. The summed E-state index contributed by atoms with van der Waals surface area (Å²) >= 11 is 0. The third-order valence-electron chi connectivity index (χ3n) is 5.21. The maximum absolute atomic E-state index is 13.3. The number of carbonyl (C=O) groups excluding carboxylic acids is 1. The highest BCUT2D eigenvalue weighted by atomic mass is 19.1. The van der Waals surface area contributed by atoms with Gasteiger partial charge in [-0.15, -0.1) is 0 Å². The molecule has 1 aromatic carbocycles. The Bertz CT molecular complexity index is 950. The van der Waals surface area contributed by atoms with Crippen LogP contribution in [0.4, 0.5) is 4.39 Å². The maximum Gasteiger partial charge on any atom is 0.296 e. The molecule has 8 heteroatoms. The number of amides is 1. The lowest BCUT2D eigenvalue weighted by Gasteiger charge is -2.35. The smallest absolute Gasteiger partial charge is 0.296 e. The fourth-order valence-corrected chi connectivity index (χ4v) is 3.88. The number of hydrogen-bond acceptors (Lipinski definition) is 5. The first-order valence-electron chi connectivity index (χ1n) is 9.01. The van der Waals surface area contributed by atoms with E-state index in [1.165, 1.54) is 16.7 Å². The van der Waals surface area contributed by atoms with Crippen LogP contribution in [0.3, 0.4) is 0 Å². The second-order valence-electron chi connectivity index (χ2n) is 6.95. The highest BCUT2D eigenvalue weighted by Gasteiger charge is 2.44. The molecule has 142 valence electrons. The van der Waals surface area contributed by atoms with E-state index in [0.29, 0.717) is 24.5 Å². The molecule has 1 amide bonds. The summed E-state index contributed by atoms with van der Waals surface area (Å²) in [5.41, 5.74) is -1.05. The molecule has 0 radical (unpaired) electrons. The number of ether oxygens (including phenoxy) is 1. The molecule has 1 spiro atoms. The van der Waals surface area contributed by atoms with Gasteiger partial charge in [0.2, 0.25) is 5.75 Å². The summed E-state index contributed by atoms with van der Waals surface area (Å²) in [6.45, 7) is 0.721. The molecule has 1 aliphatic carbocycles. The minimum absolute atomic E-state index is 0.0533. The Morgan fingerprint density at radius 1 is 1.37 bits per heavy atom. The first-order valence-corrected chi connectivity index (χ1v) is 9.01. The van der Waals surface area contributed by atoms with E-state index in [0.717, 1.165) is 25.7 Å². The van der Waals surface area contributed by atoms with Gasteiger partial charge in [-0.05, 0) is 43.4 Å². The fourth-order valence-electron chi connectivity index (χ4n) is 3.88. The summed E-state index contributed by atoms with van der Waals surface area (Å²) in [5.74, 6) is -1.36. The van der Waals surface area contributed by atoms with E-state index in [4.69, 9.17) is 4.74 Å². The van der Waals surface area contributed by atoms with E-state index in [9.17, 15) is 19.1 Å². The van der Waals surface area contributed by atoms with Crippen LogP contribution in [-0.4, -0.2) is 27.2 Å². The van der Waals surface area contributed by atoms with Crippen LogP contribution in [0.1, 0.15) is 47.6 Å². The number of halogens is 1. The van der Waals surface area contributed by atoms with Gasteiger partial charge in [0.25, 0.3) is 11.5 Å². The number of hydrogen-bond donors (Lipinski definition) is 2. The standard InChI is InChI=1S/C19H20FN3O4/c20-13-5-3-4-12(10-13)11-21-16(25)14-15(24)17(26)23-8-9-27-19(18(23)22-14)6-1-2-7-19/h3-5,10,24H,1-2,6-9,11H2,(H,21,25). The van der Waals surface area contributed by atoms with Crippen molar-refractivity contribution in [2.75, 3.05) is 6.61 Å². The molecule has 27 heavy (non-hydrogen) atoms. The zero-order valence-corrected chi connectivity index (χ0v) is 14.7. The number of aromatic nitrogens is 2. The summed E-state index contributed by atoms with van der Waals surface area (Å²) in [6.07, 6.45) is 3.37. The normalized spacial score (nSPS) is 17.7. The van der Waals surface area contributed by atoms with Gasteiger partial charge < -0.3 is 15.2 Å². The van der Waals surface area contributed by atoms with Gasteiger partial charge in [-0.3, -0.25) is 14.2 Å². The molecule has 7 nitrogen and oxygen atoms in total. The Balaban J connectivity index is 1.66. The summed E-state index contributed by atoms with van der Waals surface area (Å²) in [6, 6.07) is 5.82. The van der Waals surface area contributed by atoms with Gasteiger partial charge in [0.05, 0.1) is 13.2 Å². The van der Waals surface area contributed by atoms with Gasteiger partial charge in [-0.1, -0.05) is 12.1 Å². The molecule has 1 saturated carbocycles. The van der Waals surface area contributed by atoms with Crippen molar-refractivity contribution in [3.63, 3.8) is 0 Å². The van der Waals surface area contributed by atoms with Crippen LogP contribution in [0.2, 0.25) is 0 Å². The minimum atomic E-state index is -0.684. The van der Waals surface area contributed by atoms with Gasteiger partial charge in [-0.25, -0.2) is 9.37 Å². The van der Waals surface area contributed by atoms with Crippen LogP contribution in [0, 0.1) is 5.82 Å². The van der Waals surface area contributed by atoms with E-state index in [2.05, 4.69) is 10.3 Å². The average molecular weight is 373 g/mol. The molecule has 0 atom stereocenters. The van der Waals surface area contributed by atoms with Crippen molar-refractivity contribution >= 4 is 5.91 Å². The Hall–Kier alpha value is -2.74. The summed E-state index contributed by atoms with van der Waals surface area (Å²) < 4.78 is 20.6. The molecule has 2 N–H and O–H groups in total. The Labute approximate surface area is 154 Å². The van der Waals surface area contributed by atoms with Gasteiger partial charge in [0.15, 0.2) is 5.69 Å². The van der Waals surface area contributed by atoms with Crippen LogP contribution in [-0.2, 0) is 23.4 Å². The van der Waals surface area contributed by atoms with Gasteiger partial charge in [-0.2, -0.15) is 0 Å². The van der Waals surface area contributed by atoms with Crippen molar-refractivity contribution < 1.29 is 19.0 Å². The SMILES string of the molecule is O=C(NCc1cccc(F)c1)c1nc2n(c(=O)c1O)CCOC21CCCC1. The molecule has 0 saturated heterocycles. The van der Waals surface area contributed by atoms with E-state index in [-0.39, 0.29) is 12.2 Å². The molecule has 1 aliphatic heterocycles. The first kappa shape index (κ1) is 17.7. The van der Waals surface area contributed by atoms with Gasteiger partial charge >= 0.3 is 0 Å². The van der Waals surface area contributed by atoms with Crippen molar-refractivity contribution in [2.24, 2.45) is 0 Å². The number of nitrogens with zero attached hydrogens (tertiary/aromatic N) is 2. The molecule has 1 fully saturated rings. The van der Waals surface area contributed by atoms with E-state index >= 15 is 0 Å². The topological polar surface area (TPSA) is 93.5 Å². The number of carbonyl (C=O) groups is 1. The lowest BCUT2D eigenvalue weighted by molar-refractivity contribution is -0.0789. The molecule has 1 aromatic heterocycles. The quantitative estimate of drug-likeness (QED) is 0.856. The van der Waals surface area contributed by atoms with Crippen LogP contribution in [0.15, 0.2) is 29.1 Å². The number of rotatable bonds is 3. The largest absolute Gasteiger partial charge is 0.501 e. The third kappa shape index (κ3) is 3.10. The highest BCUT2D eigenvalue weighted by Crippen LogP contribution is 2.42. The fraction of sp³-hybridized carbons (Fsp3) is 0.421. The van der Waals surface area contributed by atoms with Crippen molar-refractivity contribution in [1.29, 1.82) is 0 Å². The second-order valence-corrected chi connectivity index (χ2v) is 6.95. The number of nitrogens with one attached hydrogen (secondary N) is 1. The van der Waals surface area contributed by atoms with Crippen molar-refractivity contribution in [1.82, 2.24) is 14.9 Å². The van der Waals surface area contributed by atoms with Gasteiger partial charge in [0.1, 0.15) is 17.2 Å². The molecule has 2 heterocycles. The Kier molecular flexibility index (Phi) is 4.43. The predicted octanol–water partition coefficient (Wildman–Crippen LogP) is 1.82. The van der Waals surface area contributed by atoms with Crippen LogP contribution < -0.4 is 10.9 Å². The van der Waals surface area contributed by atoms with Crippen LogP contribution in [0.5, 0.6) is 5.75 Å². The molecule has 4 rings (SSSR count). The average Bonchev–Trinajstić information content (AvgIpc) is 3.12. The molecule has 2 aliphatic rings. The van der Waals surface area contributed by atoms with Crippen molar-refractivity contribution in [2.45, 2.75) is 44.4 Å². The minimum Gasteiger partial charge on any atom is -0.501 e. The van der Waals surface area contributed by atoms with Crippen molar-refractivity contribution in [3.05, 3.63) is 57.5 Å². The number of benzene rings is 1. The predicted molar refractivity (Wildman–Crippen MR) is 93.8 cm³/mol. The molecule has 0 bridgehead atoms. The van der Waals surface area contributed by atoms with Crippen LogP contribution >= 0.6 is 0 Å². The molecule has 2 aromatic rings. The molecular weight excluding hydrogens is 353 g/mol.